The molecule has 14 aromatic carbocycles. The summed E-state index contributed by atoms with van der Waals surface area (Å²) in [5, 5.41) is 11.9. The SMILES string of the molecule is CC(=O)Nc1ccc(C=NCc2ccccc2)cc1.CCCN(CCO)c1ccc(C=NCc2ccccc2)cc1.CCN(CC)c1ccc(C=NCc2ccccc2)cc1.Cc1cc(C)c(C=NCc2ccccc2)c(C)c1.Cc1ccc(C=NCc2ccccc2)cc1.Cc1ccc(C=NCc2ccccc2)cc1.Cc1ccc(C=NCc2ccccc2)cc1F.O=C=O.O=C=O.O=C=O.O=C=O.O=C=O.O=C=O.O=C=O. The van der Waals surface area contributed by atoms with Crippen molar-refractivity contribution >= 4 is 110 Å². The Kier molecular flexibility index (Phi) is 74.2. The van der Waals surface area contributed by atoms with Gasteiger partial charge in [0.2, 0.25) is 5.91 Å². The van der Waals surface area contributed by atoms with Crippen LogP contribution in [-0.4, -0.2) is 130 Å². The third-order valence-electron chi connectivity index (χ3n) is 19.9. The van der Waals surface area contributed by atoms with Crippen molar-refractivity contribution in [3.05, 3.63) is 481 Å². The molecule has 2 N–H and O–H groups in total. The number of aliphatic hydroxyl groups excluding tert-OH is 1. The molecule has 0 aliphatic rings. The highest BCUT2D eigenvalue weighted by atomic mass is 19.1. The van der Waals surface area contributed by atoms with Gasteiger partial charge in [0.25, 0.3) is 0 Å². The van der Waals surface area contributed by atoms with Crippen LogP contribution < -0.4 is 15.1 Å². The summed E-state index contributed by atoms with van der Waals surface area (Å²) in [7, 11) is 0. The smallest absolute Gasteiger partial charge is 0.373 e. The van der Waals surface area contributed by atoms with E-state index in [1.807, 2.05) is 207 Å². The van der Waals surface area contributed by atoms with Gasteiger partial charge in [-0.2, -0.15) is 67.1 Å². The first-order chi connectivity index (χ1) is 72.4. The molecular weight excluding hydrogens is 1880 g/mol. The van der Waals surface area contributed by atoms with Crippen LogP contribution in [0.15, 0.2) is 399 Å². The fourth-order valence-corrected chi connectivity index (χ4v) is 13.0. The van der Waals surface area contributed by atoms with E-state index in [0.29, 0.717) is 31.7 Å². The van der Waals surface area contributed by atoms with Crippen LogP contribution >= 0.6 is 0 Å². The molecule has 0 aromatic heterocycles. The number of carbonyl (C=O) groups is 1. The molecule has 0 bridgehead atoms. The molecule has 0 saturated heterocycles. The van der Waals surface area contributed by atoms with Gasteiger partial charge < -0.3 is 20.2 Å². The Bertz CT molecular complexity index is 6210. The standard InChI is InChI=1S/C19H24N2O.C18H22N2.C17H19N.C16H16N2O.C15H14FN.2C15H15N.7CO2/c1-2-12-21(13-14-22)19-10-8-18(9-11-19)16-20-15-17-6-4-3-5-7-17;1-3-20(4-2)18-12-10-17(11-13-18)15-19-14-16-8-6-5-7-9-16;1-13-9-14(2)17(15(3)10-13)12-18-11-16-7-5-4-6-8-16;1-13(19)18-16-9-7-15(8-10-16)12-17-11-14-5-3-2-4-6-14;1-12-7-8-14(9-15(12)16)11-17-10-13-5-3-2-4-6-13;2*1-13-7-9-15(10-8-13)12-16-11-14-5-3-2-4-6-14;7*2-1-3/h3-11,16,22H,2,12-15H2,1H3;5-13,15H,3-4,14H2,1-2H3;4-10,12H,11H2,1-3H3;2-10,12H,11H2,1H3,(H,18,19);2-9,11H,10H2,1H3;2*2-10,12H,11H2,1H3;;;;;;;. The molecule has 27 heteroatoms. The van der Waals surface area contributed by atoms with Crippen LogP contribution in [0, 0.1) is 47.4 Å². The number of aliphatic imine (C=N–C) groups is 7. The van der Waals surface area contributed by atoms with Crippen molar-refractivity contribution in [3.8, 4) is 0 Å². The molecule has 0 unspecified atom stereocenters. The van der Waals surface area contributed by atoms with Crippen molar-refractivity contribution in [1.29, 1.82) is 0 Å². The van der Waals surface area contributed by atoms with Gasteiger partial charge in [-0.25, -0.2) is 4.39 Å². The van der Waals surface area contributed by atoms with Gasteiger partial charge in [-0.3, -0.25) is 39.7 Å². The average Bonchev–Trinajstić information content (AvgIpc) is 0.856. The van der Waals surface area contributed by atoms with E-state index >= 15 is 0 Å². The van der Waals surface area contributed by atoms with Gasteiger partial charge in [0.15, 0.2) is 0 Å². The maximum atomic E-state index is 13.3. The molecule has 0 atom stereocenters. The highest BCUT2D eigenvalue weighted by molar-refractivity contribution is 5.90. The lowest BCUT2D eigenvalue weighted by molar-refractivity contribution is -0.193. The summed E-state index contributed by atoms with van der Waals surface area (Å²) >= 11 is 0. The number of nitrogens with one attached hydrogen (secondary N) is 1. The first-order valence-corrected chi connectivity index (χ1v) is 46.8. The number of aliphatic hydroxyl groups is 1. The monoisotopic (exact) mass is 2000 g/mol. The fraction of sp³-hybridized carbons (Fsp3) is 0.189. The van der Waals surface area contributed by atoms with Gasteiger partial charge in [0, 0.05) is 93.7 Å². The molecular formula is C122H125FN10O16. The number of rotatable bonds is 30. The summed E-state index contributed by atoms with van der Waals surface area (Å²) in [6, 6.07) is 122. The number of halogens is 1. The second kappa shape index (κ2) is 86.1. The van der Waals surface area contributed by atoms with Gasteiger partial charge in [-0.15, -0.1) is 0 Å². The lowest BCUT2D eigenvalue weighted by atomic mass is 10.0. The second-order valence-electron chi connectivity index (χ2n) is 31.3. The van der Waals surface area contributed by atoms with Gasteiger partial charge >= 0.3 is 43.1 Å². The number of benzene rings is 14. The molecule has 149 heavy (non-hydrogen) atoms. The number of hydrogen-bond donors (Lipinski definition) is 2. The van der Waals surface area contributed by atoms with Crippen LogP contribution in [0.25, 0.3) is 0 Å². The molecule has 14 rings (SSSR count). The molecule has 0 heterocycles. The van der Waals surface area contributed by atoms with Gasteiger partial charge in [-0.1, -0.05) is 345 Å². The minimum atomic E-state index is -0.186. The Morgan fingerprint density at radius 3 is 0.745 bits per heavy atom. The Labute approximate surface area is 871 Å². The van der Waals surface area contributed by atoms with Crippen molar-refractivity contribution in [2.24, 2.45) is 34.9 Å². The third kappa shape index (κ3) is 64.5. The van der Waals surface area contributed by atoms with E-state index in [4.69, 9.17) is 72.2 Å². The van der Waals surface area contributed by atoms with Crippen molar-refractivity contribution in [3.63, 3.8) is 0 Å². The van der Waals surface area contributed by atoms with E-state index in [-0.39, 0.29) is 61.4 Å². The van der Waals surface area contributed by atoms with Crippen molar-refractivity contribution < 1.29 is 81.4 Å². The predicted octanol–water partition coefficient (Wildman–Crippen LogP) is 22.1. The van der Waals surface area contributed by atoms with Crippen LogP contribution in [0.4, 0.5) is 21.5 Å². The number of aryl methyl sites for hydroxylation is 6. The second-order valence-corrected chi connectivity index (χ2v) is 31.3. The summed E-state index contributed by atoms with van der Waals surface area (Å²) in [5.41, 5.74) is 26.5. The highest BCUT2D eigenvalue weighted by Crippen LogP contribution is 2.20. The number of carbonyl (C=O) groups excluding carboxylic acids is 15. The summed E-state index contributed by atoms with van der Waals surface area (Å²) in [6.45, 7) is 29.2. The molecule has 26 nitrogen and oxygen atoms in total. The number of nitrogens with zero attached hydrogens (tertiary/aromatic N) is 9. The molecule has 0 fully saturated rings. The van der Waals surface area contributed by atoms with Crippen LogP contribution in [0.5, 0.6) is 0 Å². The quantitative estimate of drug-likeness (QED) is 0.0395. The van der Waals surface area contributed by atoms with Crippen LogP contribution in [-0.2, 0) is 118 Å². The Morgan fingerprint density at radius 1 is 0.282 bits per heavy atom. The molecule has 766 valence electrons. The lowest BCUT2D eigenvalue weighted by Gasteiger charge is -2.23. The summed E-state index contributed by atoms with van der Waals surface area (Å²) in [4.78, 5) is 160. The van der Waals surface area contributed by atoms with E-state index in [9.17, 15) is 9.18 Å². The van der Waals surface area contributed by atoms with Crippen LogP contribution in [0.2, 0.25) is 0 Å². The number of amides is 1. The fourth-order valence-electron chi connectivity index (χ4n) is 13.0. The summed E-state index contributed by atoms with van der Waals surface area (Å²) in [5.74, 6) is -0.251. The molecule has 0 aliphatic carbocycles. The van der Waals surface area contributed by atoms with Crippen LogP contribution in [0.3, 0.4) is 0 Å². The normalized spacial score (nSPS) is 9.72. The van der Waals surface area contributed by atoms with E-state index in [2.05, 4.69) is 287 Å². The highest BCUT2D eigenvalue weighted by Gasteiger charge is 2.07. The zero-order valence-electron chi connectivity index (χ0n) is 85.3. The van der Waals surface area contributed by atoms with E-state index < -0.39 is 0 Å². The molecule has 0 spiro atoms. The molecule has 0 saturated carbocycles. The van der Waals surface area contributed by atoms with E-state index in [1.54, 1.807) is 19.2 Å². The summed E-state index contributed by atoms with van der Waals surface area (Å²) < 4.78 is 13.3. The van der Waals surface area contributed by atoms with E-state index in [0.717, 1.165) is 103 Å². The largest absolute Gasteiger partial charge is 0.395 e. The van der Waals surface area contributed by atoms with Crippen molar-refractivity contribution in [2.45, 2.75) is 121 Å². The number of hydrogen-bond acceptors (Lipinski definition) is 25. The first-order valence-electron chi connectivity index (χ1n) is 46.8. The van der Waals surface area contributed by atoms with Gasteiger partial charge in [0.1, 0.15) is 5.82 Å². The van der Waals surface area contributed by atoms with Crippen molar-refractivity contribution in [2.75, 3.05) is 47.9 Å². The Balaban J connectivity index is 0.000000842. The van der Waals surface area contributed by atoms with E-state index in [1.165, 1.54) is 85.4 Å². The third-order valence-corrected chi connectivity index (χ3v) is 19.9. The molecule has 14 aromatic rings. The number of anilines is 3. The van der Waals surface area contributed by atoms with Crippen LogP contribution in [0.1, 0.15) is 145 Å². The average molecular weight is 2010 g/mol. The Hall–Kier alpha value is -18.6. The minimum Gasteiger partial charge on any atom is -0.395 e. The maximum Gasteiger partial charge on any atom is 0.373 e. The lowest BCUT2D eigenvalue weighted by Crippen LogP contribution is -2.27. The zero-order valence-corrected chi connectivity index (χ0v) is 85.3. The minimum absolute atomic E-state index is 0.0644. The first kappa shape index (κ1) is 128. The topological polar surface area (TPSA) is 381 Å². The maximum absolute atomic E-state index is 13.3. The summed E-state index contributed by atoms with van der Waals surface area (Å²) in [6.07, 6.45) is 16.1. The molecule has 0 radical (unpaired) electrons. The molecule has 0 aliphatic heterocycles. The van der Waals surface area contributed by atoms with Gasteiger partial charge in [0.05, 0.1) is 52.4 Å². The molecule has 1 amide bonds. The predicted molar refractivity (Wildman–Crippen MR) is 580 cm³/mol. The zero-order chi connectivity index (χ0) is 110. The van der Waals surface area contributed by atoms with Crippen molar-refractivity contribution in [1.82, 2.24) is 0 Å². The van der Waals surface area contributed by atoms with Gasteiger partial charge in [-0.05, 0) is 199 Å². The Morgan fingerprint density at radius 2 is 0.510 bits per heavy atom.